The fourth-order valence-corrected chi connectivity index (χ4v) is 3.32. The van der Waals surface area contributed by atoms with E-state index in [9.17, 15) is 8.78 Å². The topological polar surface area (TPSA) is 37.4 Å². The van der Waals surface area contributed by atoms with Crippen LogP contribution in [0.15, 0.2) is 6.07 Å². The molecule has 1 aromatic rings. The van der Waals surface area contributed by atoms with Crippen LogP contribution in [-0.2, 0) is 17.8 Å². The molecule has 116 valence electrons. The molecular weight excluding hydrogens is 276 g/mol. The van der Waals surface area contributed by atoms with Crippen molar-refractivity contribution in [3.8, 4) is 0 Å². The molecule has 2 aliphatic rings. The second kappa shape index (κ2) is 5.85. The highest BCUT2D eigenvalue weighted by molar-refractivity contribution is 5.57. The third kappa shape index (κ3) is 2.62. The van der Waals surface area contributed by atoms with E-state index >= 15 is 0 Å². The normalized spacial score (nSPS) is 24.3. The van der Waals surface area contributed by atoms with Gasteiger partial charge in [-0.15, -0.1) is 0 Å². The van der Waals surface area contributed by atoms with Gasteiger partial charge < -0.3 is 15.0 Å². The zero-order valence-electron chi connectivity index (χ0n) is 12.4. The van der Waals surface area contributed by atoms with Crippen LogP contribution in [0.4, 0.5) is 14.6 Å². The summed E-state index contributed by atoms with van der Waals surface area (Å²) >= 11 is 0. The number of nitrogens with one attached hydrogen (secondary N) is 1. The van der Waals surface area contributed by atoms with Crippen molar-refractivity contribution >= 4 is 5.82 Å². The molecule has 1 aromatic heterocycles. The fraction of sp³-hybridized carbons (Fsp3) is 0.667. The number of piperazine rings is 1. The second-order valence-electron chi connectivity index (χ2n) is 5.73. The van der Waals surface area contributed by atoms with Crippen LogP contribution in [0.25, 0.3) is 0 Å². The smallest absolute Gasteiger partial charge is 0.280 e. The van der Waals surface area contributed by atoms with Gasteiger partial charge in [-0.3, -0.25) is 0 Å². The summed E-state index contributed by atoms with van der Waals surface area (Å²) in [6, 6.07) is 2.47. The van der Waals surface area contributed by atoms with Crippen molar-refractivity contribution in [3.05, 3.63) is 22.9 Å². The molecule has 0 bridgehead atoms. The first-order chi connectivity index (χ1) is 10.1. The van der Waals surface area contributed by atoms with Gasteiger partial charge in [-0.2, -0.15) is 0 Å². The van der Waals surface area contributed by atoms with Gasteiger partial charge in [-0.05, 0) is 31.9 Å². The Kier molecular flexibility index (Phi) is 4.08. The number of aromatic nitrogens is 1. The molecule has 0 aromatic carbocycles. The van der Waals surface area contributed by atoms with Crippen LogP contribution in [0, 0.1) is 0 Å². The van der Waals surface area contributed by atoms with Crippen molar-refractivity contribution in [1.82, 2.24) is 10.3 Å². The molecule has 21 heavy (non-hydrogen) atoms. The number of hydrogen-bond acceptors (Lipinski definition) is 4. The van der Waals surface area contributed by atoms with Crippen LogP contribution < -0.4 is 10.2 Å². The molecule has 0 unspecified atom stereocenters. The lowest BCUT2D eigenvalue weighted by atomic mass is 10.1. The van der Waals surface area contributed by atoms with Crippen LogP contribution in [0.3, 0.4) is 0 Å². The highest BCUT2D eigenvalue weighted by Gasteiger charge is 2.37. The predicted octanol–water partition coefficient (Wildman–Crippen LogP) is 2.28. The predicted molar refractivity (Wildman–Crippen MR) is 76.8 cm³/mol. The maximum atomic E-state index is 13.3. The molecule has 0 amide bonds. The maximum absolute atomic E-state index is 13.3. The summed E-state index contributed by atoms with van der Waals surface area (Å²) in [5.41, 5.74) is 1.45. The van der Waals surface area contributed by atoms with Gasteiger partial charge in [0.15, 0.2) is 0 Å². The van der Waals surface area contributed by atoms with E-state index in [0.29, 0.717) is 18.2 Å². The van der Waals surface area contributed by atoms with Gasteiger partial charge in [0.2, 0.25) is 0 Å². The third-order valence-corrected chi connectivity index (χ3v) is 4.25. The van der Waals surface area contributed by atoms with Crippen LogP contribution in [-0.4, -0.2) is 36.8 Å². The molecule has 3 heterocycles. The van der Waals surface area contributed by atoms with Gasteiger partial charge in [0, 0.05) is 37.3 Å². The van der Waals surface area contributed by atoms with Crippen molar-refractivity contribution in [2.24, 2.45) is 0 Å². The largest absolute Gasteiger partial charge is 0.377 e. The zero-order valence-corrected chi connectivity index (χ0v) is 12.4. The van der Waals surface area contributed by atoms with Crippen LogP contribution in [0.5, 0.6) is 0 Å². The van der Waals surface area contributed by atoms with Gasteiger partial charge in [0.1, 0.15) is 11.5 Å². The first-order valence-corrected chi connectivity index (χ1v) is 7.49. The zero-order chi connectivity index (χ0) is 15.0. The molecule has 1 fully saturated rings. The lowest BCUT2D eigenvalue weighted by molar-refractivity contribution is 0.118. The minimum Gasteiger partial charge on any atom is -0.377 e. The molecule has 0 saturated carbocycles. The Bertz CT molecular complexity index is 524. The quantitative estimate of drug-likeness (QED) is 0.925. The summed E-state index contributed by atoms with van der Waals surface area (Å²) in [5, 5.41) is 3.38. The SMILES string of the molecule is CCOCc1cc2c(nc1C(F)F)N1[C@@H](CNC[C@H]1C)C2. The molecule has 1 N–H and O–H groups in total. The van der Waals surface area contributed by atoms with E-state index < -0.39 is 6.43 Å². The minimum atomic E-state index is -2.57. The van der Waals surface area contributed by atoms with Crippen molar-refractivity contribution < 1.29 is 13.5 Å². The Morgan fingerprint density at radius 3 is 3.00 bits per heavy atom. The van der Waals surface area contributed by atoms with E-state index in [-0.39, 0.29) is 18.3 Å². The van der Waals surface area contributed by atoms with Crippen molar-refractivity contribution in [1.29, 1.82) is 0 Å². The van der Waals surface area contributed by atoms with Crippen molar-refractivity contribution in [2.75, 3.05) is 24.6 Å². The number of hydrogen-bond donors (Lipinski definition) is 1. The molecular formula is C15H21F2N3O. The number of ether oxygens (including phenoxy) is 1. The molecule has 2 atom stereocenters. The number of anilines is 1. The Morgan fingerprint density at radius 1 is 1.48 bits per heavy atom. The van der Waals surface area contributed by atoms with E-state index in [1.165, 1.54) is 0 Å². The Hall–Kier alpha value is -1.27. The molecule has 0 aliphatic carbocycles. The lowest BCUT2D eigenvalue weighted by Gasteiger charge is -2.37. The van der Waals surface area contributed by atoms with E-state index in [0.717, 1.165) is 30.9 Å². The maximum Gasteiger partial charge on any atom is 0.280 e. The average molecular weight is 297 g/mol. The second-order valence-corrected chi connectivity index (χ2v) is 5.73. The van der Waals surface area contributed by atoms with Crippen LogP contribution >= 0.6 is 0 Å². The van der Waals surface area contributed by atoms with Crippen molar-refractivity contribution in [2.45, 2.75) is 45.4 Å². The van der Waals surface area contributed by atoms with E-state index in [1.54, 1.807) is 0 Å². The van der Waals surface area contributed by atoms with Gasteiger partial charge in [0.25, 0.3) is 6.43 Å². The highest BCUT2D eigenvalue weighted by Crippen LogP contribution is 2.36. The standard InChI is InChI=1S/C15H21F2N3O/c1-3-21-8-11-4-10-5-12-7-18-6-9(2)20(12)15(10)19-13(11)14(16)17/h4,9,12,14,18H,3,5-8H2,1-2H3/t9-,12-/m1/s1. The average Bonchev–Trinajstić information content (AvgIpc) is 2.82. The van der Waals surface area contributed by atoms with Crippen molar-refractivity contribution in [3.63, 3.8) is 0 Å². The molecule has 3 rings (SSSR count). The molecule has 1 saturated heterocycles. The van der Waals surface area contributed by atoms with Crippen LogP contribution in [0.2, 0.25) is 0 Å². The Labute approximate surface area is 123 Å². The summed E-state index contributed by atoms with van der Waals surface area (Å²) in [6.07, 6.45) is -1.70. The minimum absolute atomic E-state index is 0.131. The molecule has 0 spiro atoms. The molecule has 2 aliphatic heterocycles. The summed E-state index contributed by atoms with van der Waals surface area (Å²) in [6.45, 7) is 6.42. The number of pyridine rings is 1. The van der Waals surface area contributed by atoms with E-state index in [4.69, 9.17) is 4.74 Å². The monoisotopic (exact) mass is 297 g/mol. The highest BCUT2D eigenvalue weighted by atomic mass is 19.3. The first kappa shape index (κ1) is 14.7. The van der Waals surface area contributed by atoms with Gasteiger partial charge in [0.05, 0.1) is 6.61 Å². The molecule has 0 radical (unpaired) electrons. The van der Waals surface area contributed by atoms with Gasteiger partial charge >= 0.3 is 0 Å². The summed E-state index contributed by atoms with van der Waals surface area (Å²) in [5.74, 6) is 0.740. The number of alkyl halides is 2. The Balaban J connectivity index is 1.98. The van der Waals surface area contributed by atoms with E-state index in [2.05, 4.69) is 22.1 Å². The number of nitrogens with zero attached hydrogens (tertiary/aromatic N) is 2. The number of halogens is 2. The molecule has 6 heteroatoms. The van der Waals surface area contributed by atoms with Crippen LogP contribution in [0.1, 0.15) is 37.1 Å². The Morgan fingerprint density at radius 2 is 2.29 bits per heavy atom. The number of rotatable bonds is 4. The lowest BCUT2D eigenvalue weighted by Crippen LogP contribution is -2.55. The van der Waals surface area contributed by atoms with Gasteiger partial charge in [-0.1, -0.05) is 0 Å². The number of fused-ring (bicyclic) bond motifs is 3. The fourth-order valence-electron chi connectivity index (χ4n) is 3.32. The summed E-state index contributed by atoms with van der Waals surface area (Å²) in [7, 11) is 0. The van der Waals surface area contributed by atoms with Gasteiger partial charge in [-0.25, -0.2) is 13.8 Å². The summed E-state index contributed by atoms with van der Waals surface area (Å²) in [4.78, 5) is 6.51. The molecule has 4 nitrogen and oxygen atoms in total. The van der Waals surface area contributed by atoms with E-state index in [1.807, 2.05) is 13.0 Å². The first-order valence-electron chi connectivity index (χ1n) is 7.49. The third-order valence-electron chi connectivity index (χ3n) is 4.25. The summed E-state index contributed by atoms with van der Waals surface area (Å²) < 4.78 is 31.9.